The maximum absolute atomic E-state index is 6.08. The van der Waals surface area contributed by atoms with Gasteiger partial charge >= 0.3 is 0 Å². The monoisotopic (exact) mass is 317 g/mol. The molecule has 118 valence electrons. The molecular formula is C19H24ClNO. The molecule has 0 atom stereocenters. The summed E-state index contributed by atoms with van der Waals surface area (Å²) < 4.78 is 0. The second kappa shape index (κ2) is 9.50. The van der Waals surface area contributed by atoms with Crippen LogP contribution in [-0.2, 0) is 11.3 Å². The fourth-order valence-electron chi connectivity index (χ4n) is 2.30. The number of benzene rings is 2. The van der Waals surface area contributed by atoms with Crippen LogP contribution in [0.2, 0.25) is 5.02 Å². The Morgan fingerprint density at radius 3 is 2.55 bits per heavy atom. The van der Waals surface area contributed by atoms with E-state index >= 15 is 0 Å². The van der Waals surface area contributed by atoms with E-state index in [0.29, 0.717) is 6.61 Å². The molecule has 0 bridgehead atoms. The topological polar surface area (TPSA) is 12.5 Å². The minimum atomic E-state index is 0.713. The van der Waals surface area contributed by atoms with Crippen LogP contribution in [0.25, 0.3) is 0 Å². The molecule has 0 aliphatic carbocycles. The fraction of sp³-hybridized carbons (Fsp3) is 0.368. The predicted molar refractivity (Wildman–Crippen MR) is 94.4 cm³/mol. The van der Waals surface area contributed by atoms with Gasteiger partial charge in [-0.2, -0.15) is 0 Å². The van der Waals surface area contributed by atoms with E-state index in [1.54, 1.807) is 0 Å². The first-order valence-corrected chi connectivity index (χ1v) is 8.37. The first-order valence-electron chi connectivity index (χ1n) is 7.99. The van der Waals surface area contributed by atoms with Gasteiger partial charge in [0.1, 0.15) is 0 Å². The quantitative estimate of drug-likeness (QED) is 0.446. The number of hydrogen-bond acceptors (Lipinski definition) is 2. The molecular weight excluding hydrogens is 294 g/mol. The highest BCUT2D eigenvalue weighted by Gasteiger charge is 2.07. The van der Waals surface area contributed by atoms with Gasteiger partial charge in [-0.15, -0.1) is 0 Å². The first kappa shape index (κ1) is 16.9. The van der Waals surface area contributed by atoms with Crippen molar-refractivity contribution in [3.63, 3.8) is 0 Å². The third-order valence-electron chi connectivity index (χ3n) is 3.51. The minimum Gasteiger partial charge on any atom is -0.273 e. The standard InChI is InChI=1S/C19H24ClNO/c1-2-3-14-21(19-13-7-12-18(20)16-19)22-15-8-11-17-9-5-4-6-10-17/h4-7,9-10,12-13,16H,2-3,8,11,14-15H2,1H3. The number of nitrogens with zero attached hydrogens (tertiary/aromatic N) is 1. The lowest BCUT2D eigenvalue weighted by molar-refractivity contribution is 0.105. The predicted octanol–water partition coefficient (Wildman–Crippen LogP) is 5.51. The minimum absolute atomic E-state index is 0.713. The summed E-state index contributed by atoms with van der Waals surface area (Å²) in [5.74, 6) is 0. The number of aryl methyl sites for hydroxylation is 1. The van der Waals surface area contributed by atoms with E-state index in [9.17, 15) is 0 Å². The number of halogens is 1. The zero-order valence-electron chi connectivity index (χ0n) is 13.2. The molecule has 0 N–H and O–H groups in total. The van der Waals surface area contributed by atoms with Gasteiger partial charge in [0.05, 0.1) is 12.3 Å². The van der Waals surface area contributed by atoms with Crippen molar-refractivity contribution in [3.05, 3.63) is 65.2 Å². The van der Waals surface area contributed by atoms with Gasteiger partial charge in [-0.05, 0) is 43.0 Å². The SMILES string of the molecule is CCCCN(OCCCc1ccccc1)c1cccc(Cl)c1. The zero-order chi connectivity index (χ0) is 15.6. The molecule has 0 radical (unpaired) electrons. The van der Waals surface area contributed by atoms with Crippen molar-refractivity contribution in [3.8, 4) is 0 Å². The molecule has 0 fully saturated rings. The summed E-state index contributed by atoms with van der Waals surface area (Å²) in [6, 6.07) is 18.4. The van der Waals surface area contributed by atoms with Crippen molar-refractivity contribution < 1.29 is 4.84 Å². The van der Waals surface area contributed by atoms with E-state index in [4.69, 9.17) is 16.4 Å². The molecule has 3 heteroatoms. The van der Waals surface area contributed by atoms with E-state index in [0.717, 1.165) is 42.9 Å². The fourth-order valence-corrected chi connectivity index (χ4v) is 2.48. The molecule has 2 rings (SSSR count). The van der Waals surface area contributed by atoms with Gasteiger partial charge in [0, 0.05) is 11.6 Å². The van der Waals surface area contributed by atoms with Gasteiger partial charge in [-0.25, -0.2) is 0 Å². The Morgan fingerprint density at radius 2 is 1.82 bits per heavy atom. The summed E-state index contributed by atoms with van der Waals surface area (Å²) in [6.07, 6.45) is 4.29. The number of unbranched alkanes of at least 4 members (excludes halogenated alkanes) is 1. The van der Waals surface area contributed by atoms with E-state index in [2.05, 4.69) is 31.2 Å². The molecule has 0 aromatic heterocycles. The van der Waals surface area contributed by atoms with E-state index in [-0.39, 0.29) is 0 Å². The summed E-state index contributed by atoms with van der Waals surface area (Å²) >= 11 is 6.08. The summed E-state index contributed by atoms with van der Waals surface area (Å²) in [5.41, 5.74) is 2.38. The highest BCUT2D eigenvalue weighted by molar-refractivity contribution is 6.30. The van der Waals surface area contributed by atoms with Crippen molar-refractivity contribution in [2.24, 2.45) is 0 Å². The number of hydrogen-bond donors (Lipinski definition) is 0. The lowest BCUT2D eigenvalue weighted by Gasteiger charge is -2.24. The molecule has 0 spiro atoms. The van der Waals surface area contributed by atoms with Gasteiger partial charge in [0.25, 0.3) is 0 Å². The van der Waals surface area contributed by atoms with E-state index < -0.39 is 0 Å². The molecule has 0 saturated heterocycles. The van der Waals surface area contributed by atoms with Crippen LogP contribution in [0.1, 0.15) is 31.7 Å². The Kier molecular flexibility index (Phi) is 7.27. The molecule has 0 unspecified atom stereocenters. The van der Waals surface area contributed by atoms with Crippen molar-refractivity contribution in [1.29, 1.82) is 0 Å². The van der Waals surface area contributed by atoms with E-state index in [1.165, 1.54) is 5.56 Å². The van der Waals surface area contributed by atoms with Crippen LogP contribution < -0.4 is 5.06 Å². The third kappa shape index (κ3) is 5.70. The molecule has 2 aromatic carbocycles. The van der Waals surface area contributed by atoms with Crippen LogP contribution in [0.5, 0.6) is 0 Å². The summed E-state index contributed by atoms with van der Waals surface area (Å²) in [4.78, 5) is 5.98. The van der Waals surface area contributed by atoms with Crippen LogP contribution in [0.3, 0.4) is 0 Å². The van der Waals surface area contributed by atoms with E-state index in [1.807, 2.05) is 35.4 Å². The van der Waals surface area contributed by atoms with Crippen LogP contribution >= 0.6 is 11.6 Å². The second-order valence-corrected chi connectivity index (χ2v) is 5.79. The number of hydroxylamine groups is 1. The second-order valence-electron chi connectivity index (χ2n) is 5.36. The zero-order valence-corrected chi connectivity index (χ0v) is 13.9. The maximum atomic E-state index is 6.08. The van der Waals surface area contributed by atoms with Crippen LogP contribution in [0.15, 0.2) is 54.6 Å². The molecule has 2 nitrogen and oxygen atoms in total. The summed E-state index contributed by atoms with van der Waals surface area (Å²) in [6.45, 7) is 3.79. The Morgan fingerprint density at radius 1 is 1.00 bits per heavy atom. The smallest absolute Gasteiger partial charge is 0.0751 e. The van der Waals surface area contributed by atoms with Crippen LogP contribution in [0.4, 0.5) is 5.69 Å². The summed E-state index contributed by atoms with van der Waals surface area (Å²) in [7, 11) is 0. The Bertz CT molecular complexity index is 544. The van der Waals surface area contributed by atoms with Gasteiger partial charge in [-0.3, -0.25) is 9.90 Å². The normalized spacial score (nSPS) is 10.6. The first-order chi connectivity index (χ1) is 10.8. The molecule has 2 aromatic rings. The molecule has 0 aliphatic heterocycles. The maximum Gasteiger partial charge on any atom is 0.0751 e. The van der Waals surface area contributed by atoms with Crippen molar-refractivity contribution in [2.75, 3.05) is 18.2 Å². The lowest BCUT2D eigenvalue weighted by atomic mass is 10.1. The molecule has 22 heavy (non-hydrogen) atoms. The van der Waals surface area contributed by atoms with Crippen molar-refractivity contribution >= 4 is 17.3 Å². The lowest BCUT2D eigenvalue weighted by Crippen LogP contribution is -2.25. The molecule has 0 saturated carbocycles. The molecule has 0 aliphatic rings. The van der Waals surface area contributed by atoms with Crippen molar-refractivity contribution in [2.45, 2.75) is 32.6 Å². The Hall–Kier alpha value is -1.51. The Labute approximate surface area is 138 Å². The highest BCUT2D eigenvalue weighted by atomic mass is 35.5. The highest BCUT2D eigenvalue weighted by Crippen LogP contribution is 2.20. The van der Waals surface area contributed by atoms with Crippen LogP contribution in [0, 0.1) is 0 Å². The number of rotatable bonds is 9. The molecule has 0 amide bonds. The van der Waals surface area contributed by atoms with Gasteiger partial charge in [-0.1, -0.05) is 61.3 Å². The van der Waals surface area contributed by atoms with Gasteiger partial charge in [0.2, 0.25) is 0 Å². The Balaban J connectivity index is 1.84. The van der Waals surface area contributed by atoms with Gasteiger partial charge < -0.3 is 0 Å². The average molecular weight is 318 g/mol. The summed E-state index contributed by atoms with van der Waals surface area (Å²) in [5, 5.41) is 2.72. The average Bonchev–Trinajstić information content (AvgIpc) is 2.55. The van der Waals surface area contributed by atoms with Crippen molar-refractivity contribution in [1.82, 2.24) is 0 Å². The molecule has 0 heterocycles. The van der Waals surface area contributed by atoms with Gasteiger partial charge in [0.15, 0.2) is 0 Å². The van der Waals surface area contributed by atoms with Crippen LogP contribution in [-0.4, -0.2) is 13.2 Å². The largest absolute Gasteiger partial charge is 0.273 e. The number of anilines is 1. The third-order valence-corrected chi connectivity index (χ3v) is 3.75.